The SMILES string of the molecule is CC/C=C/CCCCC(=O)NCN(C)C. The number of nitrogens with one attached hydrogen (secondary N) is 1. The largest absolute Gasteiger partial charge is 0.343 e. The van der Waals surface area contributed by atoms with E-state index in [0.29, 0.717) is 13.1 Å². The molecular weight excluding hydrogens is 188 g/mol. The highest BCUT2D eigenvalue weighted by Gasteiger charge is 1.99. The van der Waals surface area contributed by atoms with E-state index < -0.39 is 0 Å². The first-order valence-electron chi connectivity index (χ1n) is 5.73. The van der Waals surface area contributed by atoms with Crippen molar-refractivity contribution in [2.24, 2.45) is 0 Å². The molecule has 0 heterocycles. The van der Waals surface area contributed by atoms with E-state index in [1.54, 1.807) is 0 Å². The zero-order chi connectivity index (χ0) is 11.5. The number of hydrogen-bond acceptors (Lipinski definition) is 2. The molecule has 0 aliphatic heterocycles. The Kier molecular flexibility index (Phi) is 9.18. The summed E-state index contributed by atoms with van der Waals surface area (Å²) in [5.41, 5.74) is 0. The second kappa shape index (κ2) is 9.71. The van der Waals surface area contributed by atoms with Crippen LogP contribution in [-0.2, 0) is 4.79 Å². The molecule has 3 nitrogen and oxygen atoms in total. The Morgan fingerprint density at radius 2 is 2.00 bits per heavy atom. The van der Waals surface area contributed by atoms with Crippen molar-refractivity contribution < 1.29 is 4.79 Å². The average Bonchev–Trinajstić information content (AvgIpc) is 2.20. The van der Waals surface area contributed by atoms with Crippen LogP contribution in [0.3, 0.4) is 0 Å². The Labute approximate surface area is 93.5 Å². The van der Waals surface area contributed by atoms with Gasteiger partial charge in [0.05, 0.1) is 6.67 Å². The Morgan fingerprint density at radius 1 is 1.27 bits per heavy atom. The van der Waals surface area contributed by atoms with Crippen LogP contribution in [0.1, 0.15) is 39.0 Å². The topological polar surface area (TPSA) is 32.3 Å². The maximum absolute atomic E-state index is 11.3. The fourth-order valence-electron chi connectivity index (χ4n) is 1.17. The molecule has 3 heteroatoms. The number of carbonyl (C=O) groups is 1. The van der Waals surface area contributed by atoms with Crippen molar-refractivity contribution in [1.82, 2.24) is 10.2 Å². The van der Waals surface area contributed by atoms with Crippen LogP contribution in [-0.4, -0.2) is 31.6 Å². The van der Waals surface area contributed by atoms with Gasteiger partial charge in [-0.1, -0.05) is 19.1 Å². The standard InChI is InChI=1S/C12H24N2O/c1-4-5-6-7-8-9-10-12(15)13-11-14(2)3/h5-6H,4,7-11H2,1-3H3,(H,13,15)/b6-5+. The van der Waals surface area contributed by atoms with Gasteiger partial charge in [-0.15, -0.1) is 0 Å². The second-order valence-electron chi connectivity index (χ2n) is 3.96. The maximum atomic E-state index is 11.3. The quantitative estimate of drug-likeness (QED) is 0.380. The fraction of sp³-hybridized carbons (Fsp3) is 0.750. The second-order valence-corrected chi connectivity index (χ2v) is 3.96. The van der Waals surface area contributed by atoms with Crippen molar-refractivity contribution in [2.45, 2.75) is 39.0 Å². The first-order valence-corrected chi connectivity index (χ1v) is 5.73. The lowest BCUT2D eigenvalue weighted by Crippen LogP contribution is -2.32. The summed E-state index contributed by atoms with van der Waals surface area (Å²) in [7, 11) is 3.88. The molecule has 0 spiro atoms. The fourth-order valence-corrected chi connectivity index (χ4v) is 1.17. The predicted molar refractivity (Wildman–Crippen MR) is 64.6 cm³/mol. The molecule has 0 aromatic rings. The molecule has 15 heavy (non-hydrogen) atoms. The van der Waals surface area contributed by atoms with E-state index in [9.17, 15) is 4.79 Å². The minimum absolute atomic E-state index is 0.156. The van der Waals surface area contributed by atoms with Gasteiger partial charge in [-0.05, 0) is 39.8 Å². The summed E-state index contributed by atoms with van der Waals surface area (Å²) in [4.78, 5) is 13.2. The van der Waals surface area contributed by atoms with Gasteiger partial charge >= 0.3 is 0 Å². The van der Waals surface area contributed by atoms with Crippen LogP contribution in [0.15, 0.2) is 12.2 Å². The first kappa shape index (κ1) is 14.2. The van der Waals surface area contributed by atoms with Crippen LogP contribution < -0.4 is 5.32 Å². The van der Waals surface area contributed by atoms with Crippen molar-refractivity contribution in [3.63, 3.8) is 0 Å². The minimum atomic E-state index is 0.156. The van der Waals surface area contributed by atoms with Crippen molar-refractivity contribution in [3.8, 4) is 0 Å². The summed E-state index contributed by atoms with van der Waals surface area (Å²) in [5.74, 6) is 0.156. The molecule has 0 radical (unpaired) electrons. The van der Waals surface area contributed by atoms with E-state index in [2.05, 4.69) is 24.4 Å². The molecule has 1 N–H and O–H groups in total. The lowest BCUT2D eigenvalue weighted by atomic mass is 10.2. The lowest BCUT2D eigenvalue weighted by Gasteiger charge is -2.10. The van der Waals surface area contributed by atoms with E-state index in [-0.39, 0.29) is 5.91 Å². The number of amides is 1. The third-order valence-electron chi connectivity index (χ3n) is 2.02. The van der Waals surface area contributed by atoms with E-state index in [4.69, 9.17) is 0 Å². The minimum Gasteiger partial charge on any atom is -0.343 e. The predicted octanol–water partition coefficient (Wildman–Crippen LogP) is 2.15. The molecule has 0 aliphatic carbocycles. The summed E-state index contributed by atoms with van der Waals surface area (Å²) in [6.07, 6.45) is 9.29. The zero-order valence-corrected chi connectivity index (χ0v) is 10.3. The Balaban J connectivity index is 3.27. The molecule has 0 unspecified atom stereocenters. The van der Waals surface area contributed by atoms with Crippen LogP contribution in [0.25, 0.3) is 0 Å². The number of allylic oxidation sites excluding steroid dienone is 2. The Morgan fingerprint density at radius 3 is 2.60 bits per heavy atom. The number of rotatable bonds is 8. The van der Waals surface area contributed by atoms with E-state index in [1.165, 1.54) is 0 Å². The molecule has 0 bridgehead atoms. The van der Waals surface area contributed by atoms with Crippen LogP contribution in [0.2, 0.25) is 0 Å². The molecule has 0 aromatic carbocycles. The zero-order valence-electron chi connectivity index (χ0n) is 10.3. The van der Waals surface area contributed by atoms with E-state index in [0.717, 1.165) is 25.7 Å². The average molecular weight is 212 g/mol. The first-order chi connectivity index (χ1) is 7.16. The van der Waals surface area contributed by atoms with Gasteiger partial charge in [0.15, 0.2) is 0 Å². The van der Waals surface area contributed by atoms with Gasteiger partial charge in [0.2, 0.25) is 5.91 Å². The lowest BCUT2D eigenvalue weighted by molar-refractivity contribution is -0.121. The summed E-state index contributed by atoms with van der Waals surface area (Å²) in [6.45, 7) is 2.76. The van der Waals surface area contributed by atoms with Crippen LogP contribution in [0, 0.1) is 0 Å². The molecule has 0 rings (SSSR count). The van der Waals surface area contributed by atoms with Crippen LogP contribution in [0.5, 0.6) is 0 Å². The summed E-state index contributed by atoms with van der Waals surface area (Å²) < 4.78 is 0. The highest BCUT2D eigenvalue weighted by molar-refractivity contribution is 5.75. The van der Waals surface area contributed by atoms with Gasteiger partial charge in [-0.25, -0.2) is 0 Å². The van der Waals surface area contributed by atoms with Gasteiger partial charge in [0.1, 0.15) is 0 Å². The third-order valence-corrected chi connectivity index (χ3v) is 2.02. The Hall–Kier alpha value is -0.830. The number of nitrogens with zero attached hydrogens (tertiary/aromatic N) is 1. The van der Waals surface area contributed by atoms with E-state index in [1.807, 2.05) is 19.0 Å². The maximum Gasteiger partial charge on any atom is 0.220 e. The Bertz CT molecular complexity index is 188. The third kappa shape index (κ3) is 11.1. The van der Waals surface area contributed by atoms with Crippen molar-refractivity contribution in [2.75, 3.05) is 20.8 Å². The molecule has 0 saturated carbocycles. The molecular formula is C12H24N2O. The summed E-state index contributed by atoms with van der Waals surface area (Å²) in [5, 5.41) is 2.85. The summed E-state index contributed by atoms with van der Waals surface area (Å²) >= 11 is 0. The molecule has 0 aromatic heterocycles. The number of hydrogen-bond donors (Lipinski definition) is 1. The number of unbranched alkanes of at least 4 members (excludes halogenated alkanes) is 2. The van der Waals surface area contributed by atoms with Crippen molar-refractivity contribution in [1.29, 1.82) is 0 Å². The normalized spacial score (nSPS) is 11.2. The highest BCUT2D eigenvalue weighted by atomic mass is 16.1. The van der Waals surface area contributed by atoms with Gasteiger partial charge in [-0.3, -0.25) is 9.69 Å². The summed E-state index contributed by atoms with van der Waals surface area (Å²) in [6, 6.07) is 0. The molecule has 0 saturated heterocycles. The molecule has 1 amide bonds. The molecule has 0 fully saturated rings. The van der Waals surface area contributed by atoms with Gasteiger partial charge in [0.25, 0.3) is 0 Å². The van der Waals surface area contributed by atoms with Crippen molar-refractivity contribution >= 4 is 5.91 Å². The van der Waals surface area contributed by atoms with E-state index >= 15 is 0 Å². The van der Waals surface area contributed by atoms with Gasteiger partial charge in [0, 0.05) is 6.42 Å². The number of carbonyl (C=O) groups excluding carboxylic acids is 1. The molecule has 0 atom stereocenters. The van der Waals surface area contributed by atoms with Gasteiger partial charge in [-0.2, -0.15) is 0 Å². The monoisotopic (exact) mass is 212 g/mol. The highest BCUT2D eigenvalue weighted by Crippen LogP contribution is 2.01. The molecule has 0 aliphatic rings. The van der Waals surface area contributed by atoms with Gasteiger partial charge < -0.3 is 5.32 Å². The van der Waals surface area contributed by atoms with Crippen LogP contribution >= 0.6 is 0 Å². The smallest absolute Gasteiger partial charge is 0.220 e. The van der Waals surface area contributed by atoms with Crippen LogP contribution in [0.4, 0.5) is 0 Å². The van der Waals surface area contributed by atoms with Crippen molar-refractivity contribution in [3.05, 3.63) is 12.2 Å². The molecule has 88 valence electrons.